The first-order valence-corrected chi connectivity index (χ1v) is 6.47. The normalized spacial score (nSPS) is 21.1. The Kier molecular flexibility index (Phi) is 5.42. The highest BCUT2D eigenvalue weighted by Crippen LogP contribution is 2.15. The first-order chi connectivity index (χ1) is 8.40. The summed E-state index contributed by atoms with van der Waals surface area (Å²) >= 11 is 0. The molecule has 0 aromatic heterocycles. The molecular formula is C13H23N3O2. The Labute approximate surface area is 109 Å². The van der Waals surface area contributed by atoms with Crippen molar-refractivity contribution in [2.24, 2.45) is 5.92 Å². The van der Waals surface area contributed by atoms with E-state index >= 15 is 0 Å². The number of nitrogens with zero attached hydrogens (tertiary/aromatic N) is 2. The summed E-state index contributed by atoms with van der Waals surface area (Å²) in [5.41, 5.74) is -0.455. The van der Waals surface area contributed by atoms with E-state index in [-0.39, 0.29) is 6.09 Å². The number of carbonyl (C=O) groups excluding carboxylic acids is 1. The number of carbonyl (C=O) groups is 1. The number of amides is 1. The Morgan fingerprint density at radius 1 is 1.56 bits per heavy atom. The van der Waals surface area contributed by atoms with E-state index in [1.165, 1.54) is 0 Å². The first-order valence-electron chi connectivity index (χ1n) is 6.47. The van der Waals surface area contributed by atoms with E-state index in [9.17, 15) is 4.79 Å². The number of ether oxygens (including phenoxy) is 1. The van der Waals surface area contributed by atoms with Crippen molar-refractivity contribution in [2.45, 2.75) is 39.2 Å². The summed E-state index contributed by atoms with van der Waals surface area (Å²) in [5.74, 6) is 0.416. The molecule has 5 heteroatoms. The maximum absolute atomic E-state index is 11.5. The van der Waals surface area contributed by atoms with Gasteiger partial charge in [-0.05, 0) is 46.1 Å². The number of hydrogen-bond acceptors (Lipinski definition) is 4. The molecule has 0 aromatic carbocycles. The van der Waals surface area contributed by atoms with E-state index in [4.69, 9.17) is 10.00 Å². The zero-order valence-electron chi connectivity index (χ0n) is 11.5. The van der Waals surface area contributed by atoms with Crippen LogP contribution in [-0.4, -0.2) is 42.8 Å². The summed E-state index contributed by atoms with van der Waals surface area (Å²) in [6.07, 6.45) is 1.82. The Morgan fingerprint density at radius 3 is 2.89 bits per heavy atom. The first kappa shape index (κ1) is 14.8. The Hall–Kier alpha value is -1.28. The van der Waals surface area contributed by atoms with Crippen LogP contribution in [-0.2, 0) is 4.74 Å². The Morgan fingerprint density at radius 2 is 2.28 bits per heavy atom. The van der Waals surface area contributed by atoms with Gasteiger partial charge in [-0.1, -0.05) is 0 Å². The van der Waals surface area contributed by atoms with Crippen molar-refractivity contribution in [3.8, 4) is 6.07 Å². The van der Waals surface area contributed by atoms with E-state index in [2.05, 4.69) is 16.3 Å². The average molecular weight is 253 g/mol. The molecule has 1 unspecified atom stereocenters. The third-order valence-corrected chi connectivity index (χ3v) is 2.83. The molecule has 1 N–H and O–H groups in total. The van der Waals surface area contributed by atoms with Crippen molar-refractivity contribution in [3.63, 3.8) is 0 Å². The lowest BCUT2D eigenvalue weighted by Crippen LogP contribution is -2.42. The van der Waals surface area contributed by atoms with Crippen LogP contribution < -0.4 is 5.32 Å². The molecule has 0 spiro atoms. The van der Waals surface area contributed by atoms with Crippen molar-refractivity contribution in [3.05, 3.63) is 0 Å². The van der Waals surface area contributed by atoms with Gasteiger partial charge in [0.2, 0.25) is 0 Å². The van der Waals surface area contributed by atoms with Crippen LogP contribution in [0.15, 0.2) is 0 Å². The molecule has 1 amide bonds. The average Bonchev–Trinajstić information content (AvgIpc) is 2.25. The molecular weight excluding hydrogens is 230 g/mol. The minimum absolute atomic E-state index is 0.361. The fourth-order valence-electron chi connectivity index (χ4n) is 2.10. The van der Waals surface area contributed by atoms with Gasteiger partial charge in [0.1, 0.15) is 5.60 Å². The molecule has 0 aliphatic carbocycles. The Bertz CT molecular complexity index is 317. The molecule has 0 bridgehead atoms. The summed E-state index contributed by atoms with van der Waals surface area (Å²) in [7, 11) is 0. The highest BCUT2D eigenvalue weighted by atomic mass is 16.6. The molecule has 1 aliphatic rings. The lowest BCUT2D eigenvalue weighted by Gasteiger charge is -2.31. The van der Waals surface area contributed by atoms with Gasteiger partial charge >= 0.3 is 6.09 Å². The lowest BCUT2D eigenvalue weighted by atomic mass is 9.98. The van der Waals surface area contributed by atoms with E-state index in [1.54, 1.807) is 0 Å². The van der Waals surface area contributed by atoms with Crippen molar-refractivity contribution in [1.82, 2.24) is 10.2 Å². The molecule has 1 atom stereocenters. The molecule has 1 fully saturated rings. The maximum atomic E-state index is 11.5. The highest BCUT2D eigenvalue weighted by Gasteiger charge is 2.21. The number of piperidine rings is 1. The van der Waals surface area contributed by atoms with E-state index in [0.29, 0.717) is 19.0 Å². The van der Waals surface area contributed by atoms with Gasteiger partial charge in [-0.15, -0.1) is 0 Å². The van der Waals surface area contributed by atoms with Crippen molar-refractivity contribution in [2.75, 3.05) is 26.2 Å². The van der Waals surface area contributed by atoms with Crippen LogP contribution in [0.5, 0.6) is 0 Å². The van der Waals surface area contributed by atoms with Crippen LogP contribution in [0.4, 0.5) is 4.79 Å². The van der Waals surface area contributed by atoms with Gasteiger partial charge in [0.05, 0.1) is 12.6 Å². The number of rotatable bonds is 3. The summed E-state index contributed by atoms with van der Waals surface area (Å²) in [5, 5.41) is 11.5. The zero-order valence-corrected chi connectivity index (χ0v) is 11.5. The number of alkyl carbamates (subject to hydrolysis) is 1. The molecule has 5 nitrogen and oxygen atoms in total. The van der Waals surface area contributed by atoms with Gasteiger partial charge in [0.25, 0.3) is 0 Å². The van der Waals surface area contributed by atoms with Crippen LogP contribution in [0.1, 0.15) is 33.6 Å². The zero-order chi connectivity index (χ0) is 13.6. The maximum Gasteiger partial charge on any atom is 0.407 e. The van der Waals surface area contributed by atoms with E-state index in [1.807, 2.05) is 20.8 Å². The molecule has 1 aliphatic heterocycles. The van der Waals surface area contributed by atoms with E-state index in [0.717, 1.165) is 25.9 Å². The van der Waals surface area contributed by atoms with Crippen LogP contribution >= 0.6 is 0 Å². The number of nitriles is 1. The second-order valence-electron chi connectivity index (χ2n) is 5.78. The van der Waals surface area contributed by atoms with Gasteiger partial charge in [-0.25, -0.2) is 4.79 Å². The summed E-state index contributed by atoms with van der Waals surface area (Å²) in [6.45, 7) is 8.51. The third kappa shape index (κ3) is 5.87. The van der Waals surface area contributed by atoms with Crippen molar-refractivity contribution < 1.29 is 9.53 Å². The van der Waals surface area contributed by atoms with Crippen molar-refractivity contribution >= 4 is 6.09 Å². The van der Waals surface area contributed by atoms with Crippen LogP contribution in [0, 0.1) is 17.2 Å². The van der Waals surface area contributed by atoms with Gasteiger partial charge in [-0.2, -0.15) is 5.26 Å². The summed E-state index contributed by atoms with van der Waals surface area (Å²) < 4.78 is 5.19. The van der Waals surface area contributed by atoms with Gasteiger partial charge in [0, 0.05) is 13.1 Å². The minimum Gasteiger partial charge on any atom is -0.444 e. The fraction of sp³-hybridized carbons (Fsp3) is 0.846. The number of likely N-dealkylation sites (tertiary alicyclic amines) is 1. The molecule has 0 aromatic rings. The largest absolute Gasteiger partial charge is 0.444 e. The predicted molar refractivity (Wildman–Crippen MR) is 69.0 cm³/mol. The second-order valence-corrected chi connectivity index (χ2v) is 5.78. The highest BCUT2D eigenvalue weighted by molar-refractivity contribution is 5.67. The SMILES string of the molecule is CC(C)(C)OC(=O)NCC1CCCN(CC#N)C1. The van der Waals surface area contributed by atoms with Crippen LogP contribution in [0.3, 0.4) is 0 Å². The molecule has 1 saturated heterocycles. The predicted octanol–water partition coefficient (Wildman–Crippen LogP) is 1.75. The molecule has 102 valence electrons. The molecule has 0 saturated carbocycles. The lowest BCUT2D eigenvalue weighted by molar-refractivity contribution is 0.0508. The monoisotopic (exact) mass is 253 g/mol. The summed E-state index contributed by atoms with van der Waals surface area (Å²) in [4.78, 5) is 13.6. The molecule has 0 radical (unpaired) electrons. The standard InChI is InChI=1S/C13H23N3O2/c1-13(2,3)18-12(17)15-9-11-5-4-7-16(10-11)8-6-14/h11H,4-5,7-10H2,1-3H3,(H,15,17). The minimum atomic E-state index is -0.455. The van der Waals surface area contributed by atoms with E-state index < -0.39 is 5.60 Å². The van der Waals surface area contributed by atoms with Gasteiger partial charge in [-0.3, -0.25) is 4.90 Å². The Balaban J connectivity index is 2.26. The molecule has 1 rings (SSSR count). The van der Waals surface area contributed by atoms with Gasteiger partial charge < -0.3 is 10.1 Å². The third-order valence-electron chi connectivity index (χ3n) is 2.83. The van der Waals surface area contributed by atoms with Crippen molar-refractivity contribution in [1.29, 1.82) is 5.26 Å². The second kappa shape index (κ2) is 6.60. The quantitative estimate of drug-likeness (QED) is 0.778. The molecule has 18 heavy (non-hydrogen) atoms. The number of hydrogen-bond donors (Lipinski definition) is 1. The fourth-order valence-corrected chi connectivity index (χ4v) is 2.10. The number of nitrogens with one attached hydrogen (secondary N) is 1. The van der Waals surface area contributed by atoms with Crippen LogP contribution in [0.25, 0.3) is 0 Å². The molecule has 1 heterocycles. The van der Waals surface area contributed by atoms with Crippen LogP contribution in [0.2, 0.25) is 0 Å². The van der Waals surface area contributed by atoms with Gasteiger partial charge in [0.15, 0.2) is 0 Å². The smallest absolute Gasteiger partial charge is 0.407 e. The topological polar surface area (TPSA) is 65.4 Å². The summed E-state index contributed by atoms with van der Waals surface area (Å²) in [6, 6.07) is 2.17.